The van der Waals surface area contributed by atoms with Gasteiger partial charge in [0.15, 0.2) is 17.3 Å². The number of H-pyrrole nitrogens is 1. The number of rotatable bonds is 6. The van der Waals surface area contributed by atoms with Gasteiger partial charge in [-0.15, -0.1) is 5.10 Å². The highest BCUT2D eigenvalue weighted by atomic mass is 16.3. The number of nitrogens with zero attached hydrogens (tertiary/aromatic N) is 8. The molecule has 0 aliphatic carbocycles. The lowest BCUT2D eigenvalue weighted by Gasteiger charge is -2.36. The SMILES string of the molecule is CCc1c(N2CCN(C(=O)c3ncnc(C)c3O)CC2)c(=O)n2nc(-c3ccc4[nH]c(=O)ccc4c3)nc2n1CC(N)=O. The van der Waals surface area contributed by atoms with E-state index >= 15 is 0 Å². The maximum Gasteiger partial charge on any atom is 0.299 e. The van der Waals surface area contributed by atoms with E-state index in [1.54, 1.807) is 40.7 Å². The van der Waals surface area contributed by atoms with Gasteiger partial charge in [0.1, 0.15) is 18.6 Å². The predicted molar refractivity (Wildman–Crippen MR) is 156 cm³/mol. The highest BCUT2D eigenvalue weighted by Crippen LogP contribution is 2.25. The Balaban J connectivity index is 1.39. The molecule has 2 amide bonds. The number of pyridine rings is 1. The first-order valence-corrected chi connectivity index (χ1v) is 13.6. The summed E-state index contributed by atoms with van der Waals surface area (Å²) in [6.45, 7) is 4.38. The van der Waals surface area contributed by atoms with Crippen LogP contribution >= 0.6 is 0 Å². The van der Waals surface area contributed by atoms with Crippen LogP contribution in [-0.4, -0.2) is 82.1 Å². The number of aromatic amines is 1. The Bertz CT molecular complexity index is 2040. The van der Waals surface area contributed by atoms with E-state index in [1.165, 1.54) is 16.9 Å². The van der Waals surface area contributed by atoms with Gasteiger partial charge in [0.2, 0.25) is 17.2 Å². The minimum atomic E-state index is -0.610. The average Bonchev–Trinajstić information content (AvgIpc) is 3.45. The number of carbonyl (C=O) groups excluding carboxylic acids is 2. The number of benzene rings is 1. The maximum absolute atomic E-state index is 14.0. The fraction of sp³-hybridized carbons (Fsp3) is 0.286. The molecule has 0 bridgehead atoms. The predicted octanol–water partition coefficient (Wildman–Crippen LogP) is 0.214. The Hall–Kier alpha value is -5.60. The molecule has 1 saturated heterocycles. The molecule has 5 heterocycles. The van der Waals surface area contributed by atoms with E-state index in [0.717, 1.165) is 5.39 Å². The van der Waals surface area contributed by atoms with E-state index in [2.05, 4.69) is 25.0 Å². The fourth-order valence-electron chi connectivity index (χ4n) is 5.41. The molecule has 1 aliphatic heterocycles. The van der Waals surface area contributed by atoms with Crippen LogP contribution in [0.5, 0.6) is 5.75 Å². The molecule has 6 rings (SSSR count). The molecule has 4 N–H and O–H groups in total. The number of aromatic nitrogens is 7. The van der Waals surface area contributed by atoms with Crippen molar-refractivity contribution in [3.8, 4) is 17.1 Å². The zero-order chi connectivity index (χ0) is 30.4. The number of primary amides is 1. The molecular formula is C28H28N10O5. The summed E-state index contributed by atoms with van der Waals surface area (Å²) in [7, 11) is 0. The minimum absolute atomic E-state index is 0.0735. The average molecular weight is 585 g/mol. The summed E-state index contributed by atoms with van der Waals surface area (Å²) in [6.07, 6.45) is 1.63. The first-order valence-electron chi connectivity index (χ1n) is 13.6. The zero-order valence-corrected chi connectivity index (χ0v) is 23.4. The van der Waals surface area contributed by atoms with Crippen molar-refractivity contribution in [2.45, 2.75) is 26.8 Å². The Morgan fingerprint density at radius 2 is 1.84 bits per heavy atom. The highest BCUT2D eigenvalue weighted by molar-refractivity contribution is 5.95. The molecule has 1 aliphatic rings. The van der Waals surface area contributed by atoms with Crippen molar-refractivity contribution in [1.29, 1.82) is 0 Å². The highest BCUT2D eigenvalue weighted by Gasteiger charge is 2.30. The van der Waals surface area contributed by atoms with Crippen LogP contribution < -0.4 is 21.8 Å². The lowest BCUT2D eigenvalue weighted by molar-refractivity contribution is -0.118. The number of piperazine rings is 1. The van der Waals surface area contributed by atoms with Crippen LogP contribution in [0, 0.1) is 6.92 Å². The van der Waals surface area contributed by atoms with Crippen LogP contribution in [0.4, 0.5) is 5.69 Å². The number of amides is 2. The van der Waals surface area contributed by atoms with Gasteiger partial charge in [-0.1, -0.05) is 6.92 Å². The van der Waals surface area contributed by atoms with Crippen LogP contribution in [0.2, 0.25) is 0 Å². The summed E-state index contributed by atoms with van der Waals surface area (Å²) < 4.78 is 2.77. The molecule has 0 unspecified atom stereocenters. The van der Waals surface area contributed by atoms with Gasteiger partial charge < -0.3 is 30.2 Å². The number of hydrogen-bond acceptors (Lipinski definition) is 10. The van der Waals surface area contributed by atoms with Crippen molar-refractivity contribution < 1.29 is 14.7 Å². The molecule has 15 nitrogen and oxygen atoms in total. The van der Waals surface area contributed by atoms with Crippen LogP contribution in [0.25, 0.3) is 28.1 Å². The van der Waals surface area contributed by atoms with Crippen molar-refractivity contribution in [1.82, 2.24) is 39.0 Å². The van der Waals surface area contributed by atoms with Gasteiger partial charge in [-0.2, -0.15) is 9.50 Å². The van der Waals surface area contributed by atoms with E-state index in [9.17, 15) is 24.3 Å². The standard InChI is InChI=1S/C28H28N10O5/c1-3-19-23(35-8-10-36(11-9-35)26(42)22-24(41)15(2)30-14-31-22)27(43)38-28(37(19)13-20(29)39)33-25(34-38)17-4-6-18-16(12-17)5-7-21(40)32-18/h4-7,12,14,41H,3,8-11,13H2,1-2H3,(H2,29,39)(H,32,40). The third-order valence-corrected chi connectivity index (χ3v) is 7.55. The third kappa shape index (κ3) is 4.83. The van der Waals surface area contributed by atoms with Gasteiger partial charge in [0.05, 0.1) is 11.4 Å². The second-order valence-electron chi connectivity index (χ2n) is 10.2. The van der Waals surface area contributed by atoms with Crippen molar-refractivity contribution in [2.75, 3.05) is 31.1 Å². The molecule has 0 saturated carbocycles. The van der Waals surface area contributed by atoms with Crippen molar-refractivity contribution >= 4 is 34.2 Å². The Kier molecular flexibility index (Phi) is 6.84. The summed E-state index contributed by atoms with van der Waals surface area (Å²) >= 11 is 0. The Morgan fingerprint density at radius 3 is 2.56 bits per heavy atom. The topological polar surface area (TPSA) is 198 Å². The summed E-state index contributed by atoms with van der Waals surface area (Å²) in [5.74, 6) is -0.867. The van der Waals surface area contributed by atoms with Gasteiger partial charge in [0, 0.05) is 43.3 Å². The molecule has 220 valence electrons. The van der Waals surface area contributed by atoms with Gasteiger partial charge >= 0.3 is 0 Å². The summed E-state index contributed by atoms with van der Waals surface area (Å²) in [5.41, 5.74) is 7.38. The third-order valence-electron chi connectivity index (χ3n) is 7.55. The monoisotopic (exact) mass is 584 g/mol. The molecule has 4 aromatic heterocycles. The number of anilines is 1. The molecule has 1 aromatic carbocycles. The lowest BCUT2D eigenvalue weighted by atomic mass is 10.1. The lowest BCUT2D eigenvalue weighted by Crippen LogP contribution is -2.51. The van der Waals surface area contributed by atoms with Crippen molar-refractivity contribution in [3.63, 3.8) is 0 Å². The molecule has 0 radical (unpaired) electrons. The number of aromatic hydroxyl groups is 1. The number of nitrogens with two attached hydrogens (primary N) is 1. The molecular weight excluding hydrogens is 556 g/mol. The summed E-state index contributed by atoms with van der Waals surface area (Å²) in [5, 5.41) is 15.6. The van der Waals surface area contributed by atoms with Gasteiger partial charge in [-0.3, -0.25) is 19.2 Å². The van der Waals surface area contributed by atoms with Gasteiger partial charge in [-0.25, -0.2) is 9.97 Å². The minimum Gasteiger partial charge on any atom is -0.504 e. The van der Waals surface area contributed by atoms with Gasteiger partial charge in [-0.05, 0) is 43.0 Å². The van der Waals surface area contributed by atoms with Crippen LogP contribution in [0.15, 0.2) is 46.2 Å². The first kappa shape index (κ1) is 27.6. The summed E-state index contributed by atoms with van der Waals surface area (Å²) in [4.78, 5) is 69.6. The second-order valence-corrected chi connectivity index (χ2v) is 10.2. The van der Waals surface area contributed by atoms with Gasteiger partial charge in [0.25, 0.3) is 11.5 Å². The number of nitrogens with one attached hydrogen (secondary N) is 1. The van der Waals surface area contributed by atoms with Crippen LogP contribution in [0.1, 0.15) is 28.8 Å². The largest absolute Gasteiger partial charge is 0.504 e. The molecule has 15 heteroatoms. The molecule has 5 aromatic rings. The van der Waals surface area contributed by atoms with Crippen molar-refractivity contribution in [3.05, 3.63) is 74.4 Å². The van der Waals surface area contributed by atoms with E-state index in [1.807, 2.05) is 11.8 Å². The Labute approximate surface area is 243 Å². The van der Waals surface area contributed by atoms with Crippen LogP contribution in [0.3, 0.4) is 0 Å². The number of carbonyl (C=O) groups is 2. The normalized spacial score (nSPS) is 13.6. The van der Waals surface area contributed by atoms with Crippen LogP contribution in [-0.2, 0) is 17.8 Å². The first-order chi connectivity index (χ1) is 20.7. The number of fused-ring (bicyclic) bond motifs is 2. The summed E-state index contributed by atoms with van der Waals surface area (Å²) in [6, 6.07) is 8.39. The fourth-order valence-corrected chi connectivity index (χ4v) is 5.41. The number of aryl methyl sites for hydroxylation is 1. The van der Waals surface area contributed by atoms with E-state index in [0.29, 0.717) is 47.7 Å². The molecule has 43 heavy (non-hydrogen) atoms. The Morgan fingerprint density at radius 1 is 1.07 bits per heavy atom. The van der Waals surface area contributed by atoms with E-state index in [-0.39, 0.29) is 48.2 Å². The number of hydrogen-bond donors (Lipinski definition) is 3. The van der Waals surface area contributed by atoms with Crippen molar-refractivity contribution in [2.24, 2.45) is 5.73 Å². The maximum atomic E-state index is 14.0. The zero-order valence-electron chi connectivity index (χ0n) is 23.4. The molecule has 0 atom stereocenters. The molecule has 0 spiro atoms. The quantitative estimate of drug-likeness (QED) is 0.248. The van der Waals surface area contributed by atoms with E-state index < -0.39 is 17.4 Å². The second kappa shape index (κ2) is 10.7. The van der Waals surface area contributed by atoms with E-state index in [4.69, 9.17) is 5.73 Å². The smallest absolute Gasteiger partial charge is 0.299 e. The molecule has 1 fully saturated rings.